The molecule has 0 aromatic heterocycles. The number of hydrogen-bond donors (Lipinski definition) is 0. The maximum atomic E-state index is 12.9. The molecule has 2 unspecified atom stereocenters. The minimum absolute atomic E-state index is 0.0151. The average Bonchev–Trinajstić information content (AvgIpc) is 2.99. The number of rotatable bonds is 4. The smallest absolute Gasteiger partial charge is 0.293 e. The maximum Gasteiger partial charge on any atom is 0.293 e. The molecule has 0 aliphatic carbocycles. The van der Waals surface area contributed by atoms with Crippen molar-refractivity contribution in [2.24, 2.45) is 0 Å². The standard InChI is InChI=1S/C17H24N4O5S/c1-18-6-8-20(9-7-18)27(24,25)15-4-5-16(17(10-15)21(22)23)19-11-13-2-3-14(12-19)26-13/h4-5,10,13-14H,2-3,6-9,11-12H2,1H3. The number of ether oxygens (including phenoxy) is 1. The van der Waals surface area contributed by atoms with Gasteiger partial charge >= 0.3 is 0 Å². The lowest BCUT2D eigenvalue weighted by Crippen LogP contribution is -2.47. The number of likely N-dealkylation sites (N-methyl/N-ethyl adjacent to an activating group) is 1. The zero-order valence-corrected chi connectivity index (χ0v) is 16.1. The molecule has 0 spiro atoms. The highest BCUT2D eigenvalue weighted by Crippen LogP contribution is 2.36. The van der Waals surface area contributed by atoms with Gasteiger partial charge in [0, 0.05) is 45.3 Å². The summed E-state index contributed by atoms with van der Waals surface area (Å²) in [5.41, 5.74) is 0.309. The highest BCUT2D eigenvalue weighted by Gasteiger charge is 2.37. The fourth-order valence-corrected chi connectivity index (χ4v) is 5.51. The van der Waals surface area contributed by atoms with Crippen LogP contribution < -0.4 is 4.90 Å². The number of anilines is 1. The molecule has 1 aromatic rings. The lowest BCUT2D eigenvalue weighted by Gasteiger charge is -2.34. The van der Waals surface area contributed by atoms with Gasteiger partial charge in [0.15, 0.2) is 0 Å². The lowest BCUT2D eigenvalue weighted by molar-refractivity contribution is -0.384. The van der Waals surface area contributed by atoms with Crippen LogP contribution in [0, 0.1) is 10.1 Å². The number of sulfonamides is 1. The van der Waals surface area contributed by atoms with Gasteiger partial charge < -0.3 is 14.5 Å². The molecule has 4 rings (SSSR count). The summed E-state index contributed by atoms with van der Waals surface area (Å²) in [4.78, 5) is 15.2. The highest BCUT2D eigenvalue weighted by atomic mass is 32.2. The fraction of sp³-hybridized carbons (Fsp3) is 0.647. The third-order valence-corrected chi connectivity index (χ3v) is 7.52. The van der Waals surface area contributed by atoms with Crippen molar-refractivity contribution in [3.63, 3.8) is 0 Å². The number of benzene rings is 1. The second-order valence-electron chi connectivity index (χ2n) is 7.48. The Balaban J connectivity index is 1.64. The Kier molecular flexibility index (Phi) is 4.83. The van der Waals surface area contributed by atoms with Crippen molar-refractivity contribution in [2.75, 3.05) is 51.2 Å². The number of hydrogen-bond acceptors (Lipinski definition) is 7. The van der Waals surface area contributed by atoms with E-state index < -0.39 is 14.9 Å². The van der Waals surface area contributed by atoms with E-state index >= 15 is 0 Å². The average molecular weight is 396 g/mol. The summed E-state index contributed by atoms with van der Waals surface area (Å²) in [7, 11) is -1.80. The van der Waals surface area contributed by atoms with Crippen molar-refractivity contribution >= 4 is 21.4 Å². The minimum atomic E-state index is -3.74. The Hall–Kier alpha value is -1.75. The quantitative estimate of drug-likeness (QED) is 0.551. The van der Waals surface area contributed by atoms with Gasteiger partial charge in [-0.05, 0) is 32.0 Å². The van der Waals surface area contributed by atoms with E-state index in [2.05, 4.69) is 4.90 Å². The van der Waals surface area contributed by atoms with Crippen LogP contribution in [-0.2, 0) is 14.8 Å². The van der Waals surface area contributed by atoms with E-state index in [1.54, 1.807) is 6.07 Å². The number of piperazine rings is 1. The molecule has 3 saturated heterocycles. The van der Waals surface area contributed by atoms with Crippen molar-refractivity contribution in [3.05, 3.63) is 28.3 Å². The Bertz CT molecular complexity index is 826. The minimum Gasteiger partial charge on any atom is -0.371 e. The molecule has 0 saturated carbocycles. The maximum absolute atomic E-state index is 12.9. The van der Waals surface area contributed by atoms with Crippen LogP contribution in [0.4, 0.5) is 11.4 Å². The van der Waals surface area contributed by atoms with Gasteiger partial charge in [0.05, 0.1) is 22.0 Å². The van der Waals surface area contributed by atoms with E-state index in [1.807, 2.05) is 11.9 Å². The molecular formula is C17H24N4O5S. The molecule has 3 heterocycles. The van der Waals surface area contributed by atoms with Crippen molar-refractivity contribution in [1.82, 2.24) is 9.21 Å². The molecule has 3 aliphatic rings. The van der Waals surface area contributed by atoms with E-state index in [4.69, 9.17) is 4.74 Å². The van der Waals surface area contributed by atoms with Crippen LogP contribution in [-0.4, -0.2) is 81.1 Å². The molecule has 0 amide bonds. The summed E-state index contributed by atoms with van der Waals surface area (Å²) in [5.74, 6) is 0. The van der Waals surface area contributed by atoms with Crippen LogP contribution in [0.1, 0.15) is 12.8 Å². The lowest BCUT2D eigenvalue weighted by atomic mass is 10.2. The third kappa shape index (κ3) is 3.54. The fourth-order valence-electron chi connectivity index (χ4n) is 4.07. The molecule has 0 N–H and O–H groups in total. The topological polar surface area (TPSA) is 96.2 Å². The van der Waals surface area contributed by atoms with Crippen molar-refractivity contribution in [1.29, 1.82) is 0 Å². The summed E-state index contributed by atoms with van der Waals surface area (Å²) in [6.45, 7) is 3.28. The number of nitro groups is 1. The predicted octanol–water partition coefficient (Wildman–Crippen LogP) is 0.898. The second kappa shape index (κ2) is 7.01. The van der Waals surface area contributed by atoms with Crippen molar-refractivity contribution < 1.29 is 18.1 Å². The predicted molar refractivity (Wildman–Crippen MR) is 99.5 cm³/mol. The molecule has 27 heavy (non-hydrogen) atoms. The first-order valence-electron chi connectivity index (χ1n) is 9.22. The number of nitrogens with zero attached hydrogens (tertiary/aromatic N) is 4. The molecule has 10 heteroatoms. The largest absolute Gasteiger partial charge is 0.371 e. The van der Waals surface area contributed by atoms with E-state index in [-0.39, 0.29) is 22.8 Å². The summed E-state index contributed by atoms with van der Waals surface area (Å²) < 4.78 is 33.0. The van der Waals surface area contributed by atoms with E-state index in [0.29, 0.717) is 45.0 Å². The van der Waals surface area contributed by atoms with Gasteiger partial charge in [-0.25, -0.2) is 8.42 Å². The van der Waals surface area contributed by atoms with Gasteiger partial charge in [-0.2, -0.15) is 4.31 Å². The van der Waals surface area contributed by atoms with E-state index in [9.17, 15) is 18.5 Å². The molecule has 9 nitrogen and oxygen atoms in total. The SMILES string of the molecule is CN1CCN(S(=O)(=O)c2ccc(N3CC4CCC(C3)O4)c([N+](=O)[O-])c2)CC1. The van der Waals surface area contributed by atoms with Crippen LogP contribution in [0.5, 0.6) is 0 Å². The molecule has 2 bridgehead atoms. The first-order valence-corrected chi connectivity index (χ1v) is 10.7. The molecular weight excluding hydrogens is 372 g/mol. The normalized spacial score (nSPS) is 27.1. The molecule has 148 valence electrons. The van der Waals surface area contributed by atoms with Gasteiger partial charge in [0.1, 0.15) is 5.69 Å². The summed E-state index contributed by atoms with van der Waals surface area (Å²) >= 11 is 0. The number of fused-ring (bicyclic) bond motifs is 2. The monoisotopic (exact) mass is 396 g/mol. The Morgan fingerprint density at radius 3 is 2.33 bits per heavy atom. The molecule has 1 aromatic carbocycles. The summed E-state index contributed by atoms with van der Waals surface area (Å²) in [6.07, 6.45) is 2.12. The van der Waals surface area contributed by atoms with Gasteiger partial charge in [0.25, 0.3) is 5.69 Å². The number of nitro benzene ring substituents is 1. The Labute approximate surface area is 158 Å². The summed E-state index contributed by atoms with van der Waals surface area (Å²) in [5, 5.41) is 11.7. The van der Waals surface area contributed by atoms with Crippen molar-refractivity contribution in [3.8, 4) is 0 Å². The van der Waals surface area contributed by atoms with E-state index in [0.717, 1.165) is 12.8 Å². The van der Waals surface area contributed by atoms with Crippen LogP contribution in [0.3, 0.4) is 0 Å². The van der Waals surface area contributed by atoms with Crippen LogP contribution in [0.25, 0.3) is 0 Å². The second-order valence-corrected chi connectivity index (χ2v) is 9.42. The van der Waals surface area contributed by atoms with Gasteiger partial charge in [-0.1, -0.05) is 0 Å². The Morgan fingerprint density at radius 2 is 1.74 bits per heavy atom. The first kappa shape index (κ1) is 18.6. The Morgan fingerprint density at radius 1 is 1.11 bits per heavy atom. The number of morpholine rings is 1. The third-order valence-electron chi connectivity index (χ3n) is 5.63. The molecule has 3 aliphatic heterocycles. The highest BCUT2D eigenvalue weighted by molar-refractivity contribution is 7.89. The van der Waals surface area contributed by atoms with E-state index in [1.165, 1.54) is 16.4 Å². The zero-order valence-electron chi connectivity index (χ0n) is 15.3. The molecule has 3 fully saturated rings. The van der Waals surface area contributed by atoms with Gasteiger partial charge in [-0.3, -0.25) is 10.1 Å². The molecule has 2 atom stereocenters. The zero-order chi connectivity index (χ0) is 19.2. The van der Waals surface area contributed by atoms with Crippen LogP contribution in [0.2, 0.25) is 0 Å². The van der Waals surface area contributed by atoms with Crippen molar-refractivity contribution in [2.45, 2.75) is 29.9 Å². The first-order chi connectivity index (χ1) is 12.8. The van der Waals surface area contributed by atoms with Gasteiger partial charge in [0.2, 0.25) is 10.0 Å². The molecule has 0 radical (unpaired) electrons. The summed E-state index contributed by atoms with van der Waals surface area (Å²) in [6, 6.07) is 4.28. The van der Waals surface area contributed by atoms with Crippen LogP contribution >= 0.6 is 0 Å². The van der Waals surface area contributed by atoms with Gasteiger partial charge in [-0.15, -0.1) is 0 Å². The van der Waals surface area contributed by atoms with Crippen LogP contribution in [0.15, 0.2) is 23.1 Å².